The van der Waals surface area contributed by atoms with E-state index in [0.717, 1.165) is 16.9 Å². The number of amides is 1. The first-order chi connectivity index (χ1) is 15.2. The van der Waals surface area contributed by atoms with E-state index in [9.17, 15) is 4.79 Å². The molecule has 2 N–H and O–H groups in total. The van der Waals surface area contributed by atoms with Crippen LogP contribution in [-0.2, 0) is 4.79 Å². The molecule has 3 aromatic carbocycles. The molecule has 4 aromatic rings. The number of rotatable bonds is 7. The molecule has 31 heavy (non-hydrogen) atoms. The highest BCUT2D eigenvalue weighted by atomic mass is 16.5. The van der Waals surface area contributed by atoms with Gasteiger partial charge in [-0.15, -0.1) is 0 Å². The van der Waals surface area contributed by atoms with Crippen LogP contribution in [-0.4, -0.2) is 22.5 Å². The van der Waals surface area contributed by atoms with E-state index in [-0.39, 0.29) is 12.5 Å². The minimum absolute atomic E-state index is 0.0623. The van der Waals surface area contributed by atoms with Gasteiger partial charge in [-0.25, -0.2) is 9.97 Å². The lowest BCUT2D eigenvalue weighted by Gasteiger charge is -2.11. The maximum atomic E-state index is 12.2. The molecular weight excluding hydrogens is 388 g/mol. The summed E-state index contributed by atoms with van der Waals surface area (Å²) in [6, 6.07) is 28.6. The summed E-state index contributed by atoms with van der Waals surface area (Å²) >= 11 is 0. The molecule has 0 saturated carbocycles. The molecule has 154 valence electrons. The lowest BCUT2D eigenvalue weighted by Crippen LogP contribution is -2.20. The molecule has 0 unspecified atom stereocenters. The Labute approximate surface area is 181 Å². The number of aromatic nitrogens is 2. The number of benzene rings is 3. The number of ether oxygens (including phenoxy) is 1. The predicted octanol–water partition coefficient (Wildman–Crippen LogP) is 5.21. The van der Waals surface area contributed by atoms with Crippen LogP contribution in [0, 0.1) is 6.92 Å². The molecule has 0 fully saturated rings. The van der Waals surface area contributed by atoms with E-state index in [1.807, 2.05) is 97.9 Å². The van der Waals surface area contributed by atoms with E-state index in [4.69, 9.17) is 4.74 Å². The molecule has 1 amide bonds. The molecule has 1 aromatic heterocycles. The maximum absolute atomic E-state index is 12.2. The van der Waals surface area contributed by atoms with E-state index in [1.165, 1.54) is 0 Å². The zero-order chi connectivity index (χ0) is 21.5. The first kappa shape index (κ1) is 20.1. The fraction of sp³-hybridized carbons (Fsp3) is 0.0800. The van der Waals surface area contributed by atoms with Gasteiger partial charge < -0.3 is 15.4 Å². The summed E-state index contributed by atoms with van der Waals surface area (Å²) in [7, 11) is 0. The monoisotopic (exact) mass is 410 g/mol. The van der Waals surface area contributed by atoms with Gasteiger partial charge >= 0.3 is 0 Å². The van der Waals surface area contributed by atoms with Gasteiger partial charge in [-0.2, -0.15) is 0 Å². The average Bonchev–Trinajstić information content (AvgIpc) is 2.79. The molecule has 6 nitrogen and oxygen atoms in total. The standard InChI is InChI=1S/C25H22N4O2/c1-18-26-23(19-9-4-2-5-10-19)16-24(27-18)28-20-11-8-12-21(15-20)29-25(30)17-31-22-13-6-3-7-14-22/h2-16H,17H2,1H3,(H,29,30)(H,26,27,28). The summed E-state index contributed by atoms with van der Waals surface area (Å²) in [6.45, 7) is 1.80. The summed E-state index contributed by atoms with van der Waals surface area (Å²) in [6.07, 6.45) is 0. The van der Waals surface area contributed by atoms with Gasteiger partial charge in [-0.1, -0.05) is 54.6 Å². The van der Waals surface area contributed by atoms with Crippen LogP contribution >= 0.6 is 0 Å². The largest absolute Gasteiger partial charge is 0.484 e. The van der Waals surface area contributed by atoms with Crippen molar-refractivity contribution in [1.82, 2.24) is 9.97 Å². The van der Waals surface area contributed by atoms with E-state index < -0.39 is 0 Å². The lowest BCUT2D eigenvalue weighted by atomic mass is 10.1. The number of nitrogens with zero attached hydrogens (tertiary/aromatic N) is 2. The van der Waals surface area contributed by atoms with Crippen LogP contribution in [0.3, 0.4) is 0 Å². The van der Waals surface area contributed by atoms with Crippen molar-refractivity contribution in [3.05, 3.63) is 96.8 Å². The van der Waals surface area contributed by atoms with Crippen LogP contribution in [0.2, 0.25) is 0 Å². The number of hydrogen-bond donors (Lipinski definition) is 2. The molecule has 4 rings (SSSR count). The Morgan fingerprint density at radius 1 is 0.839 bits per heavy atom. The lowest BCUT2D eigenvalue weighted by molar-refractivity contribution is -0.118. The number of anilines is 3. The summed E-state index contributed by atoms with van der Waals surface area (Å²) < 4.78 is 5.49. The van der Waals surface area contributed by atoms with Crippen molar-refractivity contribution in [2.75, 3.05) is 17.2 Å². The molecule has 0 radical (unpaired) electrons. The van der Waals surface area contributed by atoms with Gasteiger partial charge in [0.1, 0.15) is 17.4 Å². The van der Waals surface area contributed by atoms with Crippen molar-refractivity contribution in [3.63, 3.8) is 0 Å². The predicted molar refractivity (Wildman–Crippen MR) is 122 cm³/mol. The maximum Gasteiger partial charge on any atom is 0.262 e. The van der Waals surface area contributed by atoms with Crippen LogP contribution in [0.25, 0.3) is 11.3 Å². The van der Waals surface area contributed by atoms with Crippen LogP contribution in [0.1, 0.15) is 5.82 Å². The van der Waals surface area contributed by atoms with Gasteiger partial charge in [0.2, 0.25) is 0 Å². The average molecular weight is 410 g/mol. The molecule has 0 saturated heterocycles. The number of nitrogens with one attached hydrogen (secondary N) is 2. The minimum atomic E-state index is -0.231. The van der Waals surface area contributed by atoms with E-state index in [0.29, 0.717) is 23.1 Å². The fourth-order valence-corrected chi connectivity index (χ4v) is 3.07. The van der Waals surface area contributed by atoms with Crippen LogP contribution in [0.5, 0.6) is 5.75 Å². The van der Waals surface area contributed by atoms with Crippen molar-refractivity contribution in [3.8, 4) is 17.0 Å². The Kier molecular flexibility index (Phi) is 6.18. The highest BCUT2D eigenvalue weighted by molar-refractivity contribution is 5.92. The first-order valence-corrected chi connectivity index (χ1v) is 9.91. The van der Waals surface area contributed by atoms with Gasteiger partial charge in [-0.3, -0.25) is 4.79 Å². The van der Waals surface area contributed by atoms with Crippen molar-refractivity contribution in [1.29, 1.82) is 0 Å². The van der Waals surface area contributed by atoms with Gasteiger partial charge in [0.05, 0.1) is 5.69 Å². The quantitative estimate of drug-likeness (QED) is 0.437. The molecule has 1 heterocycles. The van der Waals surface area contributed by atoms with Crippen LogP contribution in [0.15, 0.2) is 91.0 Å². The molecule has 0 aliphatic rings. The van der Waals surface area contributed by atoms with E-state index in [2.05, 4.69) is 20.6 Å². The molecule has 6 heteroatoms. The second-order valence-electron chi connectivity index (χ2n) is 6.91. The van der Waals surface area contributed by atoms with Crippen molar-refractivity contribution in [2.45, 2.75) is 6.92 Å². The van der Waals surface area contributed by atoms with Crippen LogP contribution < -0.4 is 15.4 Å². The number of aryl methyl sites for hydroxylation is 1. The van der Waals surface area contributed by atoms with Crippen molar-refractivity contribution < 1.29 is 9.53 Å². The fourth-order valence-electron chi connectivity index (χ4n) is 3.07. The van der Waals surface area contributed by atoms with Gasteiger partial charge in [0.15, 0.2) is 6.61 Å². The molecule has 0 atom stereocenters. The summed E-state index contributed by atoms with van der Waals surface area (Å²) in [5, 5.41) is 6.14. The molecule has 0 bridgehead atoms. The zero-order valence-corrected chi connectivity index (χ0v) is 17.1. The van der Waals surface area contributed by atoms with E-state index >= 15 is 0 Å². The highest BCUT2D eigenvalue weighted by Crippen LogP contribution is 2.23. The third kappa shape index (κ3) is 5.67. The minimum Gasteiger partial charge on any atom is -0.484 e. The number of carbonyl (C=O) groups excluding carboxylic acids is 1. The van der Waals surface area contributed by atoms with Gasteiger partial charge in [0, 0.05) is 23.0 Å². The molecule has 0 aliphatic heterocycles. The Morgan fingerprint density at radius 2 is 1.55 bits per heavy atom. The SMILES string of the molecule is Cc1nc(Nc2cccc(NC(=O)COc3ccccc3)c2)cc(-c2ccccc2)n1. The third-order valence-electron chi connectivity index (χ3n) is 4.44. The van der Waals surface area contributed by atoms with E-state index in [1.54, 1.807) is 0 Å². The second-order valence-corrected chi connectivity index (χ2v) is 6.91. The number of hydrogen-bond acceptors (Lipinski definition) is 5. The zero-order valence-electron chi connectivity index (χ0n) is 17.1. The van der Waals surface area contributed by atoms with Crippen molar-refractivity contribution in [2.24, 2.45) is 0 Å². The van der Waals surface area contributed by atoms with Gasteiger partial charge in [0.25, 0.3) is 5.91 Å². The number of carbonyl (C=O) groups is 1. The van der Waals surface area contributed by atoms with Crippen LogP contribution in [0.4, 0.5) is 17.2 Å². The van der Waals surface area contributed by atoms with Crippen molar-refractivity contribution >= 4 is 23.1 Å². The molecule has 0 spiro atoms. The summed E-state index contributed by atoms with van der Waals surface area (Å²) in [4.78, 5) is 21.2. The Bertz CT molecular complexity index is 1160. The number of para-hydroxylation sites is 1. The Balaban J connectivity index is 1.43. The summed E-state index contributed by atoms with van der Waals surface area (Å²) in [5.74, 6) is 1.78. The second kappa shape index (κ2) is 9.54. The first-order valence-electron chi connectivity index (χ1n) is 9.91. The Hall–Kier alpha value is -4.19. The Morgan fingerprint density at radius 3 is 2.32 bits per heavy atom. The molecular formula is C25H22N4O2. The topological polar surface area (TPSA) is 76.1 Å². The third-order valence-corrected chi connectivity index (χ3v) is 4.44. The normalized spacial score (nSPS) is 10.4. The highest BCUT2D eigenvalue weighted by Gasteiger charge is 2.07. The smallest absolute Gasteiger partial charge is 0.262 e. The van der Waals surface area contributed by atoms with Gasteiger partial charge in [-0.05, 0) is 37.3 Å². The molecule has 0 aliphatic carbocycles. The summed E-state index contributed by atoms with van der Waals surface area (Å²) in [5.41, 5.74) is 3.34.